The van der Waals surface area contributed by atoms with E-state index in [-0.39, 0.29) is 13.2 Å². The summed E-state index contributed by atoms with van der Waals surface area (Å²) in [6, 6.07) is 7.02. The first kappa shape index (κ1) is 26.1. The summed E-state index contributed by atoms with van der Waals surface area (Å²) in [5, 5.41) is 0. The molecule has 1 aliphatic rings. The first-order chi connectivity index (χ1) is 15.6. The molecule has 0 spiro atoms. The van der Waals surface area contributed by atoms with Crippen molar-refractivity contribution < 1.29 is 52.3 Å². The minimum Gasteiger partial charge on any atom is -0.497 e. The van der Waals surface area contributed by atoms with Crippen LogP contribution in [0, 0.1) is 0 Å². The lowest BCUT2D eigenvalue weighted by Crippen LogP contribution is -2.62. The van der Waals surface area contributed by atoms with Crippen molar-refractivity contribution in [2.24, 2.45) is 0 Å². The van der Waals surface area contributed by atoms with Crippen LogP contribution < -0.4 is 4.74 Å². The molecule has 0 saturated carbocycles. The molecular weight excluding hydrogens is 440 g/mol. The molecule has 1 aliphatic heterocycles. The van der Waals surface area contributed by atoms with Crippen molar-refractivity contribution in [3.8, 4) is 5.75 Å². The van der Waals surface area contributed by atoms with Crippen LogP contribution in [0.1, 0.15) is 33.3 Å². The van der Waals surface area contributed by atoms with E-state index in [1.807, 2.05) is 0 Å². The highest BCUT2D eigenvalue weighted by Gasteiger charge is 2.52. The summed E-state index contributed by atoms with van der Waals surface area (Å²) < 4.78 is 37.9. The Morgan fingerprint density at radius 2 is 1.33 bits per heavy atom. The van der Waals surface area contributed by atoms with Crippen LogP contribution in [0.5, 0.6) is 5.75 Å². The van der Waals surface area contributed by atoms with Gasteiger partial charge in [0.2, 0.25) is 0 Å². The quantitative estimate of drug-likeness (QED) is 0.383. The molecule has 11 heteroatoms. The third-order valence-corrected chi connectivity index (χ3v) is 4.52. The Balaban J connectivity index is 2.33. The van der Waals surface area contributed by atoms with Crippen molar-refractivity contribution >= 4 is 23.9 Å². The molecule has 5 atom stereocenters. The van der Waals surface area contributed by atoms with Gasteiger partial charge in [-0.1, -0.05) is 12.1 Å². The number of esters is 4. The summed E-state index contributed by atoms with van der Waals surface area (Å²) in [6.07, 6.45) is -6.05. The number of hydrogen-bond acceptors (Lipinski definition) is 11. The normalized spacial score (nSPS) is 24.3. The fraction of sp³-hybridized carbons (Fsp3) is 0.545. The van der Waals surface area contributed by atoms with Crippen LogP contribution >= 0.6 is 0 Å². The summed E-state index contributed by atoms with van der Waals surface area (Å²) in [5.41, 5.74) is 0.753. The lowest BCUT2D eigenvalue weighted by Gasteiger charge is -2.44. The maximum absolute atomic E-state index is 11.8. The Morgan fingerprint density at radius 3 is 1.85 bits per heavy atom. The maximum atomic E-state index is 11.8. The van der Waals surface area contributed by atoms with E-state index in [0.29, 0.717) is 5.75 Å². The molecule has 1 saturated heterocycles. The van der Waals surface area contributed by atoms with Crippen LogP contribution in [-0.4, -0.2) is 68.3 Å². The third-order valence-electron chi connectivity index (χ3n) is 4.52. The van der Waals surface area contributed by atoms with Gasteiger partial charge >= 0.3 is 23.9 Å². The highest BCUT2D eigenvalue weighted by atomic mass is 16.7. The minimum absolute atomic E-state index is 0.0394. The van der Waals surface area contributed by atoms with Crippen molar-refractivity contribution in [2.75, 3.05) is 13.7 Å². The number of carbonyl (C=O) groups is 4. The number of ether oxygens (including phenoxy) is 7. The molecule has 0 unspecified atom stereocenters. The molecule has 2 rings (SSSR count). The van der Waals surface area contributed by atoms with Crippen molar-refractivity contribution in [1.29, 1.82) is 0 Å². The highest BCUT2D eigenvalue weighted by Crippen LogP contribution is 2.30. The third kappa shape index (κ3) is 8.03. The van der Waals surface area contributed by atoms with Crippen molar-refractivity contribution in [3.63, 3.8) is 0 Å². The summed E-state index contributed by atoms with van der Waals surface area (Å²) in [6.45, 7) is 4.39. The average molecular weight is 468 g/mol. The predicted octanol–water partition coefficient (Wildman–Crippen LogP) is 1.29. The van der Waals surface area contributed by atoms with Crippen LogP contribution in [0.2, 0.25) is 0 Å². The summed E-state index contributed by atoms with van der Waals surface area (Å²) in [4.78, 5) is 46.7. The zero-order valence-electron chi connectivity index (χ0n) is 19.1. The van der Waals surface area contributed by atoms with E-state index in [0.717, 1.165) is 26.3 Å². The Labute approximate surface area is 191 Å². The number of benzene rings is 1. The molecule has 11 nitrogen and oxygen atoms in total. The van der Waals surface area contributed by atoms with Gasteiger partial charge < -0.3 is 33.2 Å². The first-order valence-corrected chi connectivity index (χ1v) is 10.2. The molecule has 1 aromatic rings. The second-order valence-corrected chi connectivity index (χ2v) is 7.23. The van der Waals surface area contributed by atoms with E-state index in [1.54, 1.807) is 31.4 Å². The van der Waals surface area contributed by atoms with Gasteiger partial charge in [-0.05, 0) is 17.7 Å². The molecule has 1 aromatic carbocycles. The van der Waals surface area contributed by atoms with Gasteiger partial charge in [0.05, 0.1) is 13.7 Å². The van der Waals surface area contributed by atoms with Crippen molar-refractivity contribution in [3.05, 3.63) is 29.8 Å². The number of rotatable bonds is 9. The van der Waals surface area contributed by atoms with Gasteiger partial charge in [0, 0.05) is 27.7 Å². The van der Waals surface area contributed by atoms with Gasteiger partial charge in [-0.3, -0.25) is 19.2 Å². The molecule has 1 heterocycles. The van der Waals surface area contributed by atoms with Gasteiger partial charge in [-0.15, -0.1) is 0 Å². The van der Waals surface area contributed by atoms with Crippen LogP contribution in [0.25, 0.3) is 0 Å². The second kappa shape index (κ2) is 12.2. The van der Waals surface area contributed by atoms with Crippen molar-refractivity contribution in [1.82, 2.24) is 0 Å². The van der Waals surface area contributed by atoms with Crippen LogP contribution in [0.4, 0.5) is 0 Å². The van der Waals surface area contributed by atoms with Gasteiger partial charge in [-0.25, -0.2) is 0 Å². The highest BCUT2D eigenvalue weighted by molar-refractivity contribution is 5.68. The fourth-order valence-corrected chi connectivity index (χ4v) is 3.22. The summed E-state index contributed by atoms with van der Waals surface area (Å²) in [7, 11) is 1.54. The zero-order valence-corrected chi connectivity index (χ0v) is 19.1. The Hall–Kier alpha value is -3.18. The largest absolute Gasteiger partial charge is 0.497 e. The zero-order chi connectivity index (χ0) is 24.5. The molecule has 33 heavy (non-hydrogen) atoms. The number of carbonyl (C=O) groups excluding carboxylic acids is 4. The first-order valence-electron chi connectivity index (χ1n) is 10.2. The molecule has 1 fully saturated rings. The second-order valence-electron chi connectivity index (χ2n) is 7.23. The lowest BCUT2D eigenvalue weighted by molar-refractivity contribution is -0.310. The van der Waals surface area contributed by atoms with E-state index in [4.69, 9.17) is 33.2 Å². The topological polar surface area (TPSA) is 133 Å². The fourth-order valence-electron chi connectivity index (χ4n) is 3.22. The van der Waals surface area contributed by atoms with E-state index >= 15 is 0 Å². The molecule has 0 N–H and O–H groups in total. The number of hydrogen-bond donors (Lipinski definition) is 0. The van der Waals surface area contributed by atoms with E-state index in [9.17, 15) is 19.2 Å². The Bertz CT molecular complexity index is 835. The molecule has 0 bridgehead atoms. The monoisotopic (exact) mass is 468 g/mol. The average Bonchev–Trinajstić information content (AvgIpc) is 2.73. The molecule has 0 radical (unpaired) electrons. The molecule has 0 aliphatic carbocycles. The Kier molecular flexibility index (Phi) is 9.61. The summed E-state index contributed by atoms with van der Waals surface area (Å²) >= 11 is 0. The Morgan fingerprint density at radius 1 is 0.788 bits per heavy atom. The van der Waals surface area contributed by atoms with Gasteiger partial charge in [0.1, 0.15) is 18.5 Å². The van der Waals surface area contributed by atoms with Crippen molar-refractivity contribution in [2.45, 2.75) is 65.0 Å². The van der Waals surface area contributed by atoms with E-state index in [2.05, 4.69) is 0 Å². The standard InChI is InChI=1S/C22H28O11/c1-12(23)28-11-18-19(30-13(2)24)20(31-14(3)25)21(32-15(4)26)22(33-18)29-10-16-6-8-17(27-5)9-7-16/h6-9,18-22H,10-11H2,1-5H3/t18-,19-,20+,21-,22-/m1/s1. The van der Waals surface area contributed by atoms with Crippen LogP contribution in [0.15, 0.2) is 24.3 Å². The number of methoxy groups -OCH3 is 1. The van der Waals surface area contributed by atoms with E-state index < -0.39 is 54.6 Å². The molecule has 0 aromatic heterocycles. The van der Waals surface area contributed by atoms with Gasteiger partial charge in [0.25, 0.3) is 0 Å². The molecule has 182 valence electrons. The smallest absolute Gasteiger partial charge is 0.303 e. The predicted molar refractivity (Wildman–Crippen MR) is 110 cm³/mol. The molecule has 0 amide bonds. The van der Waals surface area contributed by atoms with Gasteiger partial charge in [-0.2, -0.15) is 0 Å². The maximum Gasteiger partial charge on any atom is 0.303 e. The molecular formula is C22H28O11. The van der Waals surface area contributed by atoms with Crippen LogP contribution in [-0.2, 0) is 54.2 Å². The van der Waals surface area contributed by atoms with Gasteiger partial charge in [0.15, 0.2) is 24.6 Å². The van der Waals surface area contributed by atoms with Crippen LogP contribution in [0.3, 0.4) is 0 Å². The lowest BCUT2D eigenvalue weighted by atomic mass is 9.98. The van der Waals surface area contributed by atoms with E-state index in [1.165, 1.54) is 6.92 Å². The summed E-state index contributed by atoms with van der Waals surface area (Å²) in [5.74, 6) is -2.05. The minimum atomic E-state index is -1.27. The SMILES string of the molecule is COc1ccc(CO[C@@H]2O[C@H](COC(C)=O)[C@@H](OC(C)=O)[C@H](OC(C)=O)[C@H]2OC(C)=O)cc1.